The predicted molar refractivity (Wildman–Crippen MR) is 65.7 cm³/mol. The monoisotopic (exact) mass is 256 g/mol. The number of likely N-dealkylation sites (N-methyl/N-ethyl adjacent to an activating group) is 1. The Kier molecular flexibility index (Phi) is 3.52. The first-order chi connectivity index (χ1) is 8.09. The van der Waals surface area contributed by atoms with Gasteiger partial charge in [0.05, 0.1) is 17.3 Å². The van der Waals surface area contributed by atoms with E-state index in [9.17, 15) is 9.18 Å². The van der Waals surface area contributed by atoms with Crippen LogP contribution >= 0.6 is 11.6 Å². The van der Waals surface area contributed by atoms with Crippen molar-refractivity contribution in [2.45, 2.75) is 18.9 Å². The zero-order chi connectivity index (χ0) is 12.4. The molecule has 1 aliphatic rings. The van der Waals surface area contributed by atoms with Gasteiger partial charge in [-0.15, -0.1) is 0 Å². The molecule has 3 nitrogen and oxygen atoms in total. The van der Waals surface area contributed by atoms with E-state index in [2.05, 4.69) is 5.32 Å². The molecule has 5 heteroatoms. The molecule has 0 aromatic heterocycles. The molecular formula is C12H14ClFN2O. The summed E-state index contributed by atoms with van der Waals surface area (Å²) in [7, 11) is 1.77. The van der Waals surface area contributed by atoms with Crippen LogP contribution in [0.2, 0.25) is 5.02 Å². The Morgan fingerprint density at radius 2 is 2.29 bits per heavy atom. The largest absolute Gasteiger partial charge is 0.374 e. The molecular weight excluding hydrogens is 243 g/mol. The maximum atomic E-state index is 13.5. The van der Waals surface area contributed by atoms with Gasteiger partial charge in [-0.3, -0.25) is 4.79 Å². The average molecular weight is 257 g/mol. The molecule has 1 aromatic rings. The van der Waals surface area contributed by atoms with Crippen LogP contribution in [-0.4, -0.2) is 30.4 Å². The Labute approximate surface area is 105 Å². The van der Waals surface area contributed by atoms with Gasteiger partial charge in [0.15, 0.2) is 5.82 Å². The SMILES string of the molecule is CN(C(=O)CNc1cccc(Cl)c1F)C1CC1. The minimum Gasteiger partial charge on any atom is -0.374 e. The second-order valence-corrected chi connectivity index (χ2v) is 4.60. The third kappa shape index (κ3) is 2.88. The van der Waals surface area contributed by atoms with Crippen LogP contribution in [0.1, 0.15) is 12.8 Å². The lowest BCUT2D eigenvalue weighted by molar-refractivity contribution is -0.128. The van der Waals surface area contributed by atoms with Crippen molar-refractivity contribution in [3.05, 3.63) is 29.0 Å². The molecule has 1 amide bonds. The molecule has 1 fully saturated rings. The van der Waals surface area contributed by atoms with Gasteiger partial charge in [0.1, 0.15) is 0 Å². The first-order valence-corrected chi connectivity index (χ1v) is 5.91. The molecule has 0 radical (unpaired) electrons. The quantitative estimate of drug-likeness (QED) is 0.898. The van der Waals surface area contributed by atoms with Crippen molar-refractivity contribution in [3.8, 4) is 0 Å². The van der Waals surface area contributed by atoms with Crippen LogP contribution in [0.15, 0.2) is 18.2 Å². The van der Waals surface area contributed by atoms with Crippen molar-refractivity contribution >= 4 is 23.2 Å². The zero-order valence-corrected chi connectivity index (χ0v) is 10.3. The van der Waals surface area contributed by atoms with Crippen LogP contribution < -0.4 is 5.32 Å². The highest BCUT2D eigenvalue weighted by molar-refractivity contribution is 6.31. The van der Waals surface area contributed by atoms with E-state index >= 15 is 0 Å². The molecule has 0 heterocycles. The van der Waals surface area contributed by atoms with Crippen molar-refractivity contribution in [2.75, 3.05) is 18.9 Å². The summed E-state index contributed by atoms with van der Waals surface area (Å²) in [6.45, 7) is 0.0876. The van der Waals surface area contributed by atoms with Gasteiger partial charge in [-0.25, -0.2) is 4.39 Å². The Bertz CT molecular complexity index is 435. The highest BCUT2D eigenvalue weighted by Crippen LogP contribution is 2.25. The number of hydrogen-bond acceptors (Lipinski definition) is 2. The van der Waals surface area contributed by atoms with Crippen LogP contribution in [0.25, 0.3) is 0 Å². The minimum atomic E-state index is -0.518. The lowest BCUT2D eigenvalue weighted by Crippen LogP contribution is -2.33. The molecule has 0 spiro atoms. The van der Waals surface area contributed by atoms with E-state index in [4.69, 9.17) is 11.6 Å². The Morgan fingerprint density at radius 3 is 2.94 bits per heavy atom. The first kappa shape index (κ1) is 12.2. The lowest BCUT2D eigenvalue weighted by Gasteiger charge is -2.17. The third-order valence-electron chi connectivity index (χ3n) is 2.87. The van der Waals surface area contributed by atoms with Crippen LogP contribution in [0.5, 0.6) is 0 Å². The van der Waals surface area contributed by atoms with Gasteiger partial charge >= 0.3 is 0 Å². The van der Waals surface area contributed by atoms with Crippen molar-refractivity contribution in [1.29, 1.82) is 0 Å². The molecule has 92 valence electrons. The van der Waals surface area contributed by atoms with Crippen LogP contribution in [0, 0.1) is 5.82 Å². The van der Waals surface area contributed by atoms with Crippen LogP contribution in [0.4, 0.5) is 10.1 Å². The summed E-state index contributed by atoms with van der Waals surface area (Å²) in [4.78, 5) is 13.4. The van der Waals surface area contributed by atoms with E-state index in [1.54, 1.807) is 24.1 Å². The van der Waals surface area contributed by atoms with Gasteiger partial charge in [-0.05, 0) is 25.0 Å². The molecule has 1 aromatic carbocycles. The summed E-state index contributed by atoms with van der Waals surface area (Å²) in [5.74, 6) is -0.553. The smallest absolute Gasteiger partial charge is 0.241 e. The van der Waals surface area contributed by atoms with Crippen LogP contribution in [-0.2, 0) is 4.79 Å². The fourth-order valence-corrected chi connectivity index (χ4v) is 1.78. The Hall–Kier alpha value is -1.29. The lowest BCUT2D eigenvalue weighted by atomic mass is 10.3. The average Bonchev–Trinajstić information content (AvgIpc) is 3.13. The summed E-state index contributed by atoms with van der Waals surface area (Å²) in [5.41, 5.74) is 0.259. The van der Waals surface area contributed by atoms with E-state index in [-0.39, 0.29) is 23.2 Å². The number of rotatable bonds is 4. The Balaban J connectivity index is 1.93. The van der Waals surface area contributed by atoms with E-state index in [0.717, 1.165) is 12.8 Å². The Morgan fingerprint density at radius 1 is 1.59 bits per heavy atom. The van der Waals surface area contributed by atoms with Crippen molar-refractivity contribution in [3.63, 3.8) is 0 Å². The fraction of sp³-hybridized carbons (Fsp3) is 0.417. The number of halogens is 2. The van der Waals surface area contributed by atoms with Gasteiger partial charge in [-0.2, -0.15) is 0 Å². The number of carbonyl (C=O) groups excluding carboxylic acids is 1. The summed E-state index contributed by atoms with van der Waals surface area (Å²) in [6.07, 6.45) is 2.13. The van der Waals surface area contributed by atoms with Gasteiger partial charge in [0.25, 0.3) is 0 Å². The number of hydrogen-bond donors (Lipinski definition) is 1. The molecule has 17 heavy (non-hydrogen) atoms. The van der Waals surface area contributed by atoms with Gasteiger partial charge in [-0.1, -0.05) is 17.7 Å². The second-order valence-electron chi connectivity index (χ2n) is 4.19. The summed E-state index contributed by atoms with van der Waals surface area (Å²) in [6, 6.07) is 5.04. The summed E-state index contributed by atoms with van der Waals surface area (Å²) >= 11 is 5.64. The van der Waals surface area contributed by atoms with E-state index in [1.165, 1.54) is 6.07 Å². The molecule has 0 aliphatic heterocycles. The number of carbonyl (C=O) groups is 1. The molecule has 1 N–H and O–H groups in total. The molecule has 0 saturated heterocycles. The predicted octanol–water partition coefficient (Wildman–Crippen LogP) is 2.51. The molecule has 1 saturated carbocycles. The number of nitrogens with one attached hydrogen (secondary N) is 1. The maximum Gasteiger partial charge on any atom is 0.241 e. The number of anilines is 1. The summed E-state index contributed by atoms with van der Waals surface area (Å²) in [5, 5.41) is 2.82. The van der Waals surface area contributed by atoms with E-state index in [1.807, 2.05) is 0 Å². The molecule has 0 bridgehead atoms. The standard InChI is InChI=1S/C12H14ClFN2O/c1-16(8-5-6-8)11(17)7-15-10-4-2-3-9(13)12(10)14/h2-4,8,15H,5-7H2,1H3. The minimum absolute atomic E-state index is 0.0353. The normalized spacial score (nSPS) is 14.5. The third-order valence-corrected chi connectivity index (χ3v) is 3.16. The zero-order valence-electron chi connectivity index (χ0n) is 9.54. The highest BCUT2D eigenvalue weighted by Gasteiger charge is 2.29. The first-order valence-electron chi connectivity index (χ1n) is 5.53. The summed E-state index contributed by atoms with van der Waals surface area (Å²) < 4.78 is 13.5. The van der Waals surface area contributed by atoms with Crippen LogP contribution in [0.3, 0.4) is 0 Å². The van der Waals surface area contributed by atoms with Crippen molar-refractivity contribution < 1.29 is 9.18 Å². The molecule has 2 rings (SSSR count). The highest BCUT2D eigenvalue weighted by atomic mass is 35.5. The van der Waals surface area contributed by atoms with Crippen molar-refractivity contribution in [1.82, 2.24) is 4.90 Å². The van der Waals surface area contributed by atoms with Gasteiger partial charge in [0, 0.05) is 13.1 Å². The molecule has 0 atom stereocenters. The van der Waals surface area contributed by atoms with E-state index in [0.29, 0.717) is 6.04 Å². The topological polar surface area (TPSA) is 32.3 Å². The fourth-order valence-electron chi connectivity index (χ4n) is 1.60. The van der Waals surface area contributed by atoms with Crippen molar-refractivity contribution in [2.24, 2.45) is 0 Å². The number of nitrogens with zero attached hydrogens (tertiary/aromatic N) is 1. The molecule has 0 unspecified atom stereocenters. The number of benzene rings is 1. The van der Waals surface area contributed by atoms with Gasteiger partial charge in [0.2, 0.25) is 5.91 Å². The maximum absolute atomic E-state index is 13.5. The van der Waals surface area contributed by atoms with Gasteiger partial charge < -0.3 is 10.2 Å². The number of amides is 1. The second kappa shape index (κ2) is 4.92. The molecule has 1 aliphatic carbocycles. The van der Waals surface area contributed by atoms with E-state index < -0.39 is 5.82 Å².